The topological polar surface area (TPSA) is 20.2 Å². The van der Waals surface area contributed by atoms with E-state index in [0.29, 0.717) is 0 Å². The predicted octanol–water partition coefficient (Wildman–Crippen LogP) is 3.23. The molecule has 70 valence electrons. The lowest BCUT2D eigenvalue weighted by atomic mass is 10.1. The van der Waals surface area contributed by atoms with Crippen LogP contribution >= 0.6 is 0 Å². The van der Waals surface area contributed by atoms with Crippen LogP contribution in [0.3, 0.4) is 0 Å². The molecule has 1 aromatic rings. The van der Waals surface area contributed by atoms with Crippen molar-refractivity contribution in [3.63, 3.8) is 0 Å². The second-order valence-electron chi connectivity index (χ2n) is 2.53. The molecule has 0 bridgehead atoms. The van der Waals surface area contributed by atoms with E-state index in [9.17, 15) is 13.2 Å². The summed E-state index contributed by atoms with van der Waals surface area (Å²) in [4.78, 5) is 0. The minimum absolute atomic E-state index is 0.0785. The summed E-state index contributed by atoms with van der Waals surface area (Å²) < 4.78 is 36.4. The smallest absolute Gasteiger partial charge is 0.416 e. The maximum atomic E-state index is 12.1. The quantitative estimate of drug-likeness (QED) is 0.671. The fraction of sp³-hybridized carbons (Fsp3) is 0.111. The summed E-state index contributed by atoms with van der Waals surface area (Å²) in [7, 11) is 0. The van der Waals surface area contributed by atoms with E-state index in [1.807, 2.05) is 0 Å². The molecule has 1 rings (SSSR count). The van der Waals surface area contributed by atoms with Crippen molar-refractivity contribution in [1.82, 2.24) is 0 Å². The van der Waals surface area contributed by atoms with Gasteiger partial charge in [-0.2, -0.15) is 13.2 Å². The van der Waals surface area contributed by atoms with Gasteiger partial charge in [-0.15, -0.1) is 0 Å². The van der Waals surface area contributed by atoms with E-state index >= 15 is 0 Å². The molecule has 1 aromatic carbocycles. The fourth-order valence-corrected chi connectivity index (χ4v) is 0.875. The zero-order valence-corrected chi connectivity index (χ0v) is 6.60. The Hall–Kier alpha value is -1.45. The molecule has 0 aliphatic carbocycles. The van der Waals surface area contributed by atoms with Crippen LogP contribution in [0.25, 0.3) is 5.76 Å². The van der Waals surface area contributed by atoms with Gasteiger partial charge in [-0.1, -0.05) is 18.7 Å². The number of benzene rings is 1. The van der Waals surface area contributed by atoms with Gasteiger partial charge in [0.2, 0.25) is 0 Å². The molecule has 0 unspecified atom stereocenters. The maximum absolute atomic E-state index is 12.1. The molecule has 4 heteroatoms. The summed E-state index contributed by atoms with van der Waals surface area (Å²) in [5.41, 5.74) is -0.713. The number of alkyl halides is 3. The number of hydrogen-bond acceptors (Lipinski definition) is 1. The van der Waals surface area contributed by atoms with Crippen LogP contribution in [0.1, 0.15) is 11.1 Å². The van der Waals surface area contributed by atoms with Crippen molar-refractivity contribution in [2.24, 2.45) is 0 Å². The molecule has 0 aromatic heterocycles. The molecule has 0 saturated heterocycles. The zero-order valence-electron chi connectivity index (χ0n) is 6.60. The van der Waals surface area contributed by atoms with Gasteiger partial charge in [0.15, 0.2) is 0 Å². The molecule has 0 heterocycles. The highest BCUT2D eigenvalue weighted by Crippen LogP contribution is 2.30. The summed E-state index contributed by atoms with van der Waals surface area (Å²) in [5.74, 6) is -0.369. The van der Waals surface area contributed by atoms with Crippen molar-refractivity contribution < 1.29 is 18.3 Å². The van der Waals surface area contributed by atoms with Crippen LogP contribution in [-0.4, -0.2) is 5.11 Å². The van der Waals surface area contributed by atoms with Crippen molar-refractivity contribution in [3.05, 3.63) is 42.0 Å². The Morgan fingerprint density at radius 3 is 2.38 bits per heavy atom. The number of aliphatic hydroxyl groups is 1. The summed E-state index contributed by atoms with van der Waals surface area (Å²) in [5, 5.41) is 8.85. The Balaban J connectivity index is 3.13. The molecule has 0 saturated carbocycles. The zero-order chi connectivity index (χ0) is 10.1. The molecule has 0 spiro atoms. The first kappa shape index (κ1) is 9.64. The average Bonchev–Trinajstić information content (AvgIpc) is 2.03. The minimum Gasteiger partial charge on any atom is -0.508 e. The van der Waals surface area contributed by atoms with Gasteiger partial charge >= 0.3 is 6.18 Å². The molecule has 0 amide bonds. The largest absolute Gasteiger partial charge is 0.508 e. The molecule has 13 heavy (non-hydrogen) atoms. The SMILES string of the molecule is C=C(O)c1cccc(C(F)(F)F)c1. The fourth-order valence-electron chi connectivity index (χ4n) is 0.875. The first-order chi connectivity index (χ1) is 5.91. The van der Waals surface area contributed by atoms with Crippen molar-refractivity contribution >= 4 is 5.76 Å². The Labute approximate surface area is 73.1 Å². The van der Waals surface area contributed by atoms with E-state index in [0.717, 1.165) is 12.1 Å². The first-order valence-corrected chi connectivity index (χ1v) is 3.47. The minimum atomic E-state index is -4.38. The third-order valence-electron chi connectivity index (χ3n) is 1.52. The van der Waals surface area contributed by atoms with Crippen LogP contribution in [0.15, 0.2) is 30.8 Å². The van der Waals surface area contributed by atoms with E-state index in [1.54, 1.807) is 0 Å². The van der Waals surface area contributed by atoms with Gasteiger partial charge in [-0.25, -0.2) is 0 Å². The highest BCUT2D eigenvalue weighted by Gasteiger charge is 2.30. The monoisotopic (exact) mass is 188 g/mol. The van der Waals surface area contributed by atoms with Gasteiger partial charge in [0.1, 0.15) is 5.76 Å². The van der Waals surface area contributed by atoms with Gasteiger partial charge in [-0.05, 0) is 12.1 Å². The highest BCUT2D eigenvalue weighted by atomic mass is 19.4. The third kappa shape index (κ3) is 2.24. The summed E-state index contributed by atoms with van der Waals surface area (Å²) in [6.45, 7) is 3.14. The van der Waals surface area contributed by atoms with Crippen LogP contribution in [0.2, 0.25) is 0 Å². The Morgan fingerprint density at radius 1 is 1.31 bits per heavy atom. The van der Waals surface area contributed by atoms with E-state index in [2.05, 4.69) is 6.58 Å². The maximum Gasteiger partial charge on any atom is 0.416 e. The molecule has 1 nitrogen and oxygen atoms in total. The summed E-state index contributed by atoms with van der Waals surface area (Å²) in [6.07, 6.45) is -4.38. The molecular weight excluding hydrogens is 181 g/mol. The standard InChI is InChI=1S/C9H7F3O/c1-6(13)7-3-2-4-8(5-7)9(10,11)12/h2-5,13H,1H2. The molecule has 0 aliphatic rings. The Morgan fingerprint density at radius 2 is 1.92 bits per heavy atom. The van der Waals surface area contributed by atoms with Crippen LogP contribution < -0.4 is 0 Å². The molecule has 0 radical (unpaired) electrons. The lowest BCUT2D eigenvalue weighted by Gasteiger charge is -2.07. The second-order valence-corrected chi connectivity index (χ2v) is 2.53. The third-order valence-corrected chi connectivity index (χ3v) is 1.52. The van der Waals surface area contributed by atoms with Crippen LogP contribution in [0.4, 0.5) is 13.2 Å². The summed E-state index contributed by atoms with van der Waals surface area (Å²) >= 11 is 0. The van der Waals surface area contributed by atoms with Crippen molar-refractivity contribution in [2.45, 2.75) is 6.18 Å². The molecular formula is C9H7F3O. The van der Waals surface area contributed by atoms with Gasteiger partial charge in [0, 0.05) is 5.56 Å². The van der Waals surface area contributed by atoms with E-state index < -0.39 is 11.7 Å². The Kier molecular flexibility index (Phi) is 2.32. The van der Waals surface area contributed by atoms with E-state index in [1.165, 1.54) is 12.1 Å². The first-order valence-electron chi connectivity index (χ1n) is 3.47. The molecule has 0 aliphatic heterocycles. The lowest BCUT2D eigenvalue weighted by Crippen LogP contribution is -2.04. The van der Waals surface area contributed by atoms with Crippen molar-refractivity contribution in [1.29, 1.82) is 0 Å². The average molecular weight is 188 g/mol. The van der Waals surface area contributed by atoms with Gasteiger partial charge in [0.25, 0.3) is 0 Å². The van der Waals surface area contributed by atoms with Crippen LogP contribution in [-0.2, 0) is 6.18 Å². The van der Waals surface area contributed by atoms with Crippen LogP contribution in [0, 0.1) is 0 Å². The highest BCUT2D eigenvalue weighted by molar-refractivity contribution is 5.56. The van der Waals surface area contributed by atoms with Gasteiger partial charge in [-0.3, -0.25) is 0 Å². The van der Waals surface area contributed by atoms with E-state index in [-0.39, 0.29) is 11.3 Å². The molecule has 0 fully saturated rings. The second kappa shape index (κ2) is 3.12. The molecule has 1 N–H and O–H groups in total. The van der Waals surface area contributed by atoms with Crippen molar-refractivity contribution in [2.75, 3.05) is 0 Å². The number of aliphatic hydroxyl groups excluding tert-OH is 1. The normalized spacial score (nSPS) is 11.3. The predicted molar refractivity (Wildman–Crippen MR) is 43.1 cm³/mol. The van der Waals surface area contributed by atoms with Crippen LogP contribution in [0.5, 0.6) is 0 Å². The lowest BCUT2D eigenvalue weighted by molar-refractivity contribution is -0.137. The number of rotatable bonds is 1. The van der Waals surface area contributed by atoms with Gasteiger partial charge in [0.05, 0.1) is 5.56 Å². The molecule has 0 atom stereocenters. The summed E-state index contributed by atoms with van der Waals surface area (Å²) in [6, 6.07) is 4.37. The number of hydrogen-bond donors (Lipinski definition) is 1. The Bertz CT molecular complexity index is 328. The van der Waals surface area contributed by atoms with E-state index in [4.69, 9.17) is 5.11 Å². The number of halogens is 3. The van der Waals surface area contributed by atoms with Crippen molar-refractivity contribution in [3.8, 4) is 0 Å². The van der Waals surface area contributed by atoms with Gasteiger partial charge < -0.3 is 5.11 Å².